The Bertz CT molecular complexity index is 1140. The van der Waals surface area contributed by atoms with Gasteiger partial charge in [-0.2, -0.15) is 0 Å². The number of aromatic nitrogens is 2. The van der Waals surface area contributed by atoms with E-state index < -0.39 is 0 Å². The molecule has 0 saturated heterocycles. The molecule has 1 aliphatic rings. The number of pyridine rings is 2. The van der Waals surface area contributed by atoms with Gasteiger partial charge < -0.3 is 10.2 Å². The lowest BCUT2D eigenvalue weighted by molar-refractivity contribution is -0.125. The third-order valence-corrected chi connectivity index (χ3v) is 5.04. The topological polar surface area (TPSA) is 78.4 Å². The van der Waals surface area contributed by atoms with Gasteiger partial charge in [0.25, 0.3) is 0 Å². The Morgan fingerprint density at radius 1 is 1.23 bits per heavy atom. The Morgan fingerprint density at radius 3 is 2.90 bits per heavy atom. The van der Waals surface area contributed by atoms with Gasteiger partial charge in [-0.1, -0.05) is 18.2 Å². The van der Waals surface area contributed by atoms with Gasteiger partial charge in [-0.15, -0.1) is 12.4 Å². The lowest BCUT2D eigenvalue weighted by Gasteiger charge is -2.16. The van der Waals surface area contributed by atoms with Gasteiger partial charge in [0.15, 0.2) is 0 Å². The summed E-state index contributed by atoms with van der Waals surface area (Å²) in [6.45, 7) is 1.44. The van der Waals surface area contributed by atoms with Crippen molar-refractivity contribution >= 4 is 47.0 Å². The van der Waals surface area contributed by atoms with Crippen LogP contribution in [-0.4, -0.2) is 52.2 Å². The molecule has 0 atom stereocenters. The zero-order valence-corrected chi connectivity index (χ0v) is 18.2. The summed E-state index contributed by atoms with van der Waals surface area (Å²) in [5.41, 5.74) is 3.71. The molecule has 0 unspecified atom stereocenters. The van der Waals surface area contributed by atoms with Crippen LogP contribution in [0.1, 0.15) is 16.7 Å². The van der Waals surface area contributed by atoms with Gasteiger partial charge in [-0.05, 0) is 42.4 Å². The number of fused-ring (bicyclic) bond motifs is 2. The van der Waals surface area contributed by atoms with E-state index in [9.17, 15) is 9.59 Å². The van der Waals surface area contributed by atoms with Crippen molar-refractivity contribution in [2.75, 3.05) is 26.0 Å². The lowest BCUT2D eigenvalue weighted by atomic mass is 10.1. The van der Waals surface area contributed by atoms with E-state index in [4.69, 9.17) is 0 Å². The Kier molecular flexibility index (Phi) is 6.99. The van der Waals surface area contributed by atoms with Crippen molar-refractivity contribution in [3.05, 3.63) is 71.6 Å². The van der Waals surface area contributed by atoms with E-state index in [0.29, 0.717) is 25.5 Å². The van der Waals surface area contributed by atoms with Crippen molar-refractivity contribution in [1.29, 1.82) is 0 Å². The fourth-order valence-electron chi connectivity index (χ4n) is 3.55. The number of halogens is 1. The molecular weight excluding hydrogens is 414 g/mol. The van der Waals surface area contributed by atoms with Crippen molar-refractivity contribution in [2.24, 2.45) is 0 Å². The van der Waals surface area contributed by atoms with Crippen LogP contribution in [0.4, 0.5) is 5.82 Å². The van der Waals surface area contributed by atoms with Crippen LogP contribution in [0, 0.1) is 0 Å². The molecule has 7 nitrogen and oxygen atoms in total. The van der Waals surface area contributed by atoms with Crippen LogP contribution in [-0.2, 0) is 22.7 Å². The minimum Gasteiger partial charge on any atom is -0.338 e. The standard InChI is InChI=1S/C23H23N5O2.ClH/c1-27-13-18-11-16(12-25-23(18)26-21(29)15-27)8-9-22(30)28(2)14-17-5-3-7-20-19(17)6-4-10-24-20;/h3-12H,13-15H2,1-2H3,(H,25,26,29);1H. The van der Waals surface area contributed by atoms with E-state index in [1.54, 1.807) is 36.5 Å². The molecule has 160 valence electrons. The Balaban J connectivity index is 0.00000272. The highest BCUT2D eigenvalue weighted by Gasteiger charge is 2.17. The molecule has 1 aromatic carbocycles. The Morgan fingerprint density at radius 2 is 2.06 bits per heavy atom. The summed E-state index contributed by atoms with van der Waals surface area (Å²) in [5.74, 6) is 0.401. The summed E-state index contributed by atoms with van der Waals surface area (Å²) >= 11 is 0. The SMILES string of the molecule is CN1CC(=O)Nc2ncc(C=CC(=O)N(C)Cc3cccc4ncccc34)cc2C1.Cl. The first-order chi connectivity index (χ1) is 14.5. The molecule has 0 saturated carbocycles. The molecule has 0 bridgehead atoms. The van der Waals surface area contributed by atoms with Crippen molar-refractivity contribution in [3.63, 3.8) is 0 Å². The monoisotopic (exact) mass is 437 g/mol. The molecule has 31 heavy (non-hydrogen) atoms. The van der Waals surface area contributed by atoms with Crippen LogP contribution in [0.25, 0.3) is 17.0 Å². The van der Waals surface area contributed by atoms with Crippen LogP contribution in [0.5, 0.6) is 0 Å². The zero-order chi connectivity index (χ0) is 21.1. The average molecular weight is 438 g/mol. The summed E-state index contributed by atoms with van der Waals surface area (Å²) in [4.78, 5) is 36.7. The molecule has 1 aliphatic heterocycles. The third kappa shape index (κ3) is 5.25. The number of carbonyl (C=O) groups is 2. The Labute approximate surface area is 187 Å². The zero-order valence-electron chi connectivity index (χ0n) is 17.4. The maximum absolute atomic E-state index is 12.6. The van der Waals surface area contributed by atoms with E-state index >= 15 is 0 Å². The first kappa shape index (κ1) is 22.4. The second-order valence-electron chi connectivity index (χ2n) is 7.51. The summed E-state index contributed by atoms with van der Waals surface area (Å²) in [6, 6.07) is 11.8. The van der Waals surface area contributed by atoms with Crippen molar-refractivity contribution < 1.29 is 9.59 Å². The molecule has 2 amide bonds. The second kappa shape index (κ2) is 9.68. The third-order valence-electron chi connectivity index (χ3n) is 5.04. The van der Waals surface area contributed by atoms with Gasteiger partial charge in [0, 0.05) is 49.6 Å². The highest BCUT2D eigenvalue weighted by atomic mass is 35.5. The number of hydrogen-bond acceptors (Lipinski definition) is 5. The summed E-state index contributed by atoms with van der Waals surface area (Å²) in [5, 5.41) is 3.85. The number of amides is 2. The molecule has 1 N–H and O–H groups in total. The number of rotatable bonds is 4. The Hall–Kier alpha value is -3.29. The molecule has 0 radical (unpaired) electrons. The summed E-state index contributed by atoms with van der Waals surface area (Å²) in [6.07, 6.45) is 6.72. The quantitative estimate of drug-likeness (QED) is 0.634. The molecule has 2 aromatic heterocycles. The largest absolute Gasteiger partial charge is 0.338 e. The van der Waals surface area contributed by atoms with Gasteiger partial charge >= 0.3 is 0 Å². The summed E-state index contributed by atoms with van der Waals surface area (Å²) in [7, 11) is 3.67. The van der Waals surface area contributed by atoms with E-state index in [0.717, 1.165) is 27.6 Å². The smallest absolute Gasteiger partial charge is 0.246 e. The molecular formula is C23H24ClN5O2. The fourth-order valence-corrected chi connectivity index (χ4v) is 3.55. The predicted octanol–water partition coefficient (Wildman–Crippen LogP) is 3.11. The van der Waals surface area contributed by atoms with E-state index in [1.165, 1.54) is 0 Å². The van der Waals surface area contributed by atoms with Crippen LogP contribution in [0.2, 0.25) is 0 Å². The number of hydrogen-bond donors (Lipinski definition) is 1. The van der Waals surface area contributed by atoms with E-state index in [1.807, 2.05) is 48.3 Å². The lowest BCUT2D eigenvalue weighted by Crippen LogP contribution is -2.26. The van der Waals surface area contributed by atoms with E-state index in [2.05, 4.69) is 15.3 Å². The fraction of sp³-hybridized carbons (Fsp3) is 0.217. The van der Waals surface area contributed by atoms with E-state index in [-0.39, 0.29) is 24.2 Å². The summed E-state index contributed by atoms with van der Waals surface area (Å²) < 4.78 is 0. The van der Waals surface area contributed by atoms with Gasteiger partial charge in [-0.25, -0.2) is 4.98 Å². The highest BCUT2D eigenvalue weighted by molar-refractivity contribution is 5.93. The molecule has 0 spiro atoms. The number of likely N-dealkylation sites (N-methyl/N-ethyl adjacent to an activating group) is 2. The molecule has 3 heterocycles. The van der Waals surface area contributed by atoms with Crippen molar-refractivity contribution in [1.82, 2.24) is 19.8 Å². The van der Waals surface area contributed by atoms with Crippen molar-refractivity contribution in [2.45, 2.75) is 13.1 Å². The average Bonchev–Trinajstić information content (AvgIpc) is 2.88. The van der Waals surface area contributed by atoms with Crippen LogP contribution >= 0.6 is 12.4 Å². The maximum Gasteiger partial charge on any atom is 0.246 e. The van der Waals surface area contributed by atoms with Gasteiger partial charge in [0.05, 0.1) is 12.1 Å². The molecule has 0 fully saturated rings. The number of benzene rings is 1. The first-order valence-corrected chi connectivity index (χ1v) is 9.73. The van der Waals surface area contributed by atoms with Gasteiger partial charge in [0.2, 0.25) is 11.8 Å². The minimum atomic E-state index is -0.101. The predicted molar refractivity (Wildman–Crippen MR) is 124 cm³/mol. The first-order valence-electron chi connectivity index (χ1n) is 9.73. The normalized spacial score (nSPS) is 13.9. The van der Waals surface area contributed by atoms with Crippen LogP contribution in [0.15, 0.2) is 54.9 Å². The van der Waals surface area contributed by atoms with Crippen LogP contribution in [0.3, 0.4) is 0 Å². The maximum atomic E-state index is 12.6. The molecule has 3 aromatic rings. The number of nitrogens with one attached hydrogen (secondary N) is 1. The molecule has 4 rings (SSSR count). The van der Waals surface area contributed by atoms with Crippen molar-refractivity contribution in [3.8, 4) is 0 Å². The van der Waals surface area contributed by atoms with Gasteiger partial charge in [0.1, 0.15) is 5.82 Å². The second-order valence-corrected chi connectivity index (χ2v) is 7.51. The number of anilines is 1. The molecule has 0 aliphatic carbocycles. The minimum absolute atomic E-state index is 0. The highest BCUT2D eigenvalue weighted by Crippen LogP contribution is 2.20. The number of carbonyl (C=O) groups excluding carboxylic acids is 2. The van der Waals surface area contributed by atoms with Gasteiger partial charge in [-0.3, -0.25) is 19.5 Å². The number of nitrogens with zero attached hydrogens (tertiary/aromatic N) is 4. The molecule has 8 heteroatoms. The van der Waals surface area contributed by atoms with Crippen LogP contribution < -0.4 is 5.32 Å².